The number of hydrogen-bond acceptors (Lipinski definition) is 2. The Labute approximate surface area is 108 Å². The van der Waals surface area contributed by atoms with Gasteiger partial charge in [-0.15, -0.1) is 0 Å². The first kappa shape index (κ1) is 11.7. The summed E-state index contributed by atoms with van der Waals surface area (Å²) in [5.74, 6) is 0.779. The molecule has 0 amide bonds. The maximum Gasteiger partial charge on any atom is 0.0705 e. The minimum Gasteiger partial charge on any atom is -0.310 e. The smallest absolute Gasteiger partial charge is 0.0705 e. The van der Waals surface area contributed by atoms with Gasteiger partial charge in [-0.1, -0.05) is 25.5 Å². The zero-order chi connectivity index (χ0) is 12.5. The Hall–Kier alpha value is -1.41. The van der Waals surface area contributed by atoms with Crippen LogP contribution >= 0.6 is 0 Å². The van der Waals surface area contributed by atoms with Gasteiger partial charge in [-0.05, 0) is 49.6 Å². The Morgan fingerprint density at radius 3 is 3.00 bits per heavy atom. The summed E-state index contributed by atoms with van der Waals surface area (Å²) in [4.78, 5) is 4.56. The Kier molecular flexibility index (Phi) is 3.04. The molecule has 3 rings (SSSR count). The maximum atomic E-state index is 4.56. The number of aryl methyl sites for hydroxylation is 1. The van der Waals surface area contributed by atoms with E-state index in [2.05, 4.69) is 47.6 Å². The topological polar surface area (TPSA) is 24.9 Å². The fourth-order valence-electron chi connectivity index (χ4n) is 3.03. The fourth-order valence-corrected chi connectivity index (χ4v) is 3.03. The summed E-state index contributed by atoms with van der Waals surface area (Å²) >= 11 is 0. The quantitative estimate of drug-likeness (QED) is 0.867. The van der Waals surface area contributed by atoms with Crippen LogP contribution < -0.4 is 5.32 Å². The number of hydrogen-bond donors (Lipinski definition) is 1. The standard InChI is InChI=1S/C16H20N2/c1-3-12-8-9-17-16(12)14-6-7-15-13(10-14)5-4-11(2)18-15/h4-7,10,12,16-17H,3,8-9H2,1-2H3. The molecule has 1 aromatic heterocycles. The highest BCUT2D eigenvalue weighted by Crippen LogP contribution is 2.32. The van der Waals surface area contributed by atoms with Crippen LogP contribution in [0.3, 0.4) is 0 Å². The predicted molar refractivity (Wildman–Crippen MR) is 75.6 cm³/mol. The molecule has 1 fully saturated rings. The van der Waals surface area contributed by atoms with Gasteiger partial charge in [0.1, 0.15) is 0 Å². The van der Waals surface area contributed by atoms with Crippen molar-refractivity contribution in [1.82, 2.24) is 10.3 Å². The van der Waals surface area contributed by atoms with Crippen LogP contribution in [0.4, 0.5) is 0 Å². The van der Waals surface area contributed by atoms with Crippen molar-refractivity contribution in [3.8, 4) is 0 Å². The van der Waals surface area contributed by atoms with Crippen LogP contribution in [0.5, 0.6) is 0 Å². The predicted octanol–water partition coefficient (Wildman–Crippen LogP) is 3.60. The first-order valence-corrected chi connectivity index (χ1v) is 6.88. The van der Waals surface area contributed by atoms with Crippen LogP contribution in [-0.4, -0.2) is 11.5 Å². The Morgan fingerprint density at radius 1 is 1.28 bits per heavy atom. The highest BCUT2D eigenvalue weighted by Gasteiger charge is 2.26. The van der Waals surface area contributed by atoms with E-state index in [0.29, 0.717) is 6.04 Å². The van der Waals surface area contributed by atoms with Crippen LogP contribution in [0.15, 0.2) is 30.3 Å². The van der Waals surface area contributed by atoms with E-state index in [4.69, 9.17) is 0 Å². The number of aromatic nitrogens is 1. The lowest BCUT2D eigenvalue weighted by Gasteiger charge is -2.19. The van der Waals surface area contributed by atoms with Crippen LogP contribution in [0.2, 0.25) is 0 Å². The Balaban J connectivity index is 2.00. The van der Waals surface area contributed by atoms with Crippen LogP contribution in [0.1, 0.15) is 37.1 Å². The summed E-state index contributed by atoms with van der Waals surface area (Å²) in [6.07, 6.45) is 2.55. The van der Waals surface area contributed by atoms with E-state index in [-0.39, 0.29) is 0 Å². The summed E-state index contributed by atoms with van der Waals surface area (Å²) in [6, 6.07) is 11.5. The van der Waals surface area contributed by atoms with Gasteiger partial charge < -0.3 is 5.32 Å². The molecule has 18 heavy (non-hydrogen) atoms. The van der Waals surface area contributed by atoms with Gasteiger partial charge in [0.25, 0.3) is 0 Å². The SMILES string of the molecule is CCC1CCNC1c1ccc2nc(C)ccc2c1. The molecule has 0 radical (unpaired) electrons. The third-order valence-corrected chi connectivity index (χ3v) is 4.09. The van der Waals surface area contributed by atoms with E-state index >= 15 is 0 Å². The van der Waals surface area contributed by atoms with E-state index in [1.807, 2.05) is 6.92 Å². The van der Waals surface area contributed by atoms with E-state index in [1.165, 1.54) is 23.8 Å². The lowest BCUT2D eigenvalue weighted by molar-refractivity contribution is 0.450. The molecule has 0 saturated carbocycles. The highest BCUT2D eigenvalue weighted by molar-refractivity contribution is 5.79. The van der Waals surface area contributed by atoms with Crippen molar-refractivity contribution in [2.24, 2.45) is 5.92 Å². The third-order valence-electron chi connectivity index (χ3n) is 4.09. The average Bonchev–Trinajstić information content (AvgIpc) is 2.86. The fraction of sp³-hybridized carbons (Fsp3) is 0.438. The van der Waals surface area contributed by atoms with Crippen LogP contribution in [-0.2, 0) is 0 Å². The van der Waals surface area contributed by atoms with Crippen molar-refractivity contribution in [3.05, 3.63) is 41.6 Å². The van der Waals surface area contributed by atoms with Gasteiger partial charge in [0.2, 0.25) is 0 Å². The van der Waals surface area contributed by atoms with Crippen molar-refractivity contribution < 1.29 is 0 Å². The first-order valence-electron chi connectivity index (χ1n) is 6.88. The lowest BCUT2D eigenvalue weighted by Crippen LogP contribution is -2.17. The van der Waals surface area contributed by atoms with Crippen LogP contribution in [0.25, 0.3) is 10.9 Å². The molecule has 1 aliphatic rings. The molecule has 2 aromatic rings. The van der Waals surface area contributed by atoms with Crippen molar-refractivity contribution in [1.29, 1.82) is 0 Å². The molecule has 2 heteroatoms. The molecule has 1 saturated heterocycles. The third kappa shape index (κ3) is 2.01. The zero-order valence-corrected chi connectivity index (χ0v) is 11.1. The largest absolute Gasteiger partial charge is 0.310 e. The number of nitrogens with zero attached hydrogens (tertiary/aromatic N) is 1. The van der Waals surface area contributed by atoms with Crippen molar-refractivity contribution >= 4 is 10.9 Å². The van der Waals surface area contributed by atoms with E-state index in [9.17, 15) is 0 Å². The van der Waals surface area contributed by atoms with Gasteiger partial charge in [-0.2, -0.15) is 0 Å². The highest BCUT2D eigenvalue weighted by atomic mass is 14.9. The molecular formula is C16H20N2. The van der Waals surface area contributed by atoms with Crippen molar-refractivity contribution in [2.45, 2.75) is 32.7 Å². The lowest BCUT2D eigenvalue weighted by atomic mass is 9.91. The molecule has 2 atom stereocenters. The summed E-state index contributed by atoms with van der Waals surface area (Å²) in [7, 11) is 0. The maximum absolute atomic E-state index is 4.56. The van der Waals surface area contributed by atoms with E-state index in [1.54, 1.807) is 0 Å². The number of fused-ring (bicyclic) bond motifs is 1. The molecular weight excluding hydrogens is 220 g/mol. The second-order valence-electron chi connectivity index (χ2n) is 5.29. The normalized spacial score (nSPS) is 23.7. The van der Waals surface area contributed by atoms with Crippen LogP contribution in [0, 0.1) is 12.8 Å². The molecule has 2 unspecified atom stereocenters. The molecule has 1 N–H and O–H groups in total. The van der Waals surface area contributed by atoms with Gasteiger partial charge in [-0.3, -0.25) is 4.98 Å². The average molecular weight is 240 g/mol. The van der Waals surface area contributed by atoms with Gasteiger partial charge in [-0.25, -0.2) is 0 Å². The summed E-state index contributed by atoms with van der Waals surface area (Å²) in [5, 5.41) is 4.88. The minimum atomic E-state index is 0.528. The van der Waals surface area contributed by atoms with E-state index < -0.39 is 0 Å². The van der Waals surface area contributed by atoms with Gasteiger partial charge in [0.05, 0.1) is 5.52 Å². The minimum absolute atomic E-state index is 0.528. The van der Waals surface area contributed by atoms with E-state index in [0.717, 1.165) is 23.7 Å². The number of pyridine rings is 1. The second-order valence-corrected chi connectivity index (χ2v) is 5.29. The molecule has 2 nitrogen and oxygen atoms in total. The molecule has 1 aromatic carbocycles. The van der Waals surface area contributed by atoms with Gasteiger partial charge in [0.15, 0.2) is 0 Å². The zero-order valence-electron chi connectivity index (χ0n) is 11.1. The molecule has 1 aliphatic heterocycles. The van der Waals surface area contributed by atoms with Crippen molar-refractivity contribution in [3.63, 3.8) is 0 Å². The van der Waals surface area contributed by atoms with Gasteiger partial charge >= 0.3 is 0 Å². The number of nitrogens with one attached hydrogen (secondary N) is 1. The second kappa shape index (κ2) is 4.69. The Morgan fingerprint density at radius 2 is 2.17 bits per heavy atom. The summed E-state index contributed by atoms with van der Waals surface area (Å²) < 4.78 is 0. The van der Waals surface area contributed by atoms with Gasteiger partial charge in [0, 0.05) is 17.1 Å². The monoisotopic (exact) mass is 240 g/mol. The molecule has 0 spiro atoms. The summed E-state index contributed by atoms with van der Waals surface area (Å²) in [5.41, 5.74) is 3.60. The molecule has 2 heterocycles. The molecule has 0 bridgehead atoms. The van der Waals surface area contributed by atoms with Crippen molar-refractivity contribution in [2.75, 3.05) is 6.54 Å². The summed E-state index contributed by atoms with van der Waals surface area (Å²) in [6.45, 7) is 5.48. The molecule has 94 valence electrons. The Bertz CT molecular complexity index is 562. The first-order chi connectivity index (χ1) is 8.78. The number of rotatable bonds is 2. The number of benzene rings is 1. The molecule has 0 aliphatic carbocycles.